The molecule has 0 spiro atoms. The summed E-state index contributed by atoms with van der Waals surface area (Å²) in [4.78, 5) is 0. The third-order valence-corrected chi connectivity index (χ3v) is 1.66. The number of ether oxygens (including phenoxy) is 1. The molecule has 1 rings (SSSR count). The first-order valence-electron chi connectivity index (χ1n) is 3.78. The Labute approximate surface area is 62.4 Å². The molecule has 1 nitrogen and oxygen atoms in total. The summed E-state index contributed by atoms with van der Waals surface area (Å²) in [6, 6.07) is 0. The van der Waals surface area contributed by atoms with Crippen LogP contribution in [0.5, 0.6) is 0 Å². The molecule has 0 heterocycles. The third-order valence-electron chi connectivity index (χ3n) is 1.66. The Morgan fingerprint density at radius 3 is 3.10 bits per heavy atom. The molecule has 0 saturated heterocycles. The van der Waals surface area contributed by atoms with E-state index in [2.05, 4.69) is 18.2 Å². The molecule has 10 heavy (non-hydrogen) atoms. The van der Waals surface area contributed by atoms with Crippen molar-refractivity contribution in [3.05, 3.63) is 23.8 Å². The van der Waals surface area contributed by atoms with E-state index in [9.17, 15) is 0 Å². The van der Waals surface area contributed by atoms with Gasteiger partial charge in [-0.05, 0) is 19.3 Å². The van der Waals surface area contributed by atoms with Gasteiger partial charge in [0, 0.05) is 13.7 Å². The SMILES string of the molecule is COCCCC1=CCC=C1. The van der Waals surface area contributed by atoms with Crippen LogP contribution in [0, 0.1) is 0 Å². The smallest absolute Gasteiger partial charge is 0.0465 e. The average Bonchev–Trinajstić information content (AvgIpc) is 2.41. The van der Waals surface area contributed by atoms with Crippen LogP contribution in [0.1, 0.15) is 19.3 Å². The molecule has 0 saturated carbocycles. The molecule has 1 aliphatic rings. The average molecular weight is 138 g/mol. The zero-order valence-corrected chi connectivity index (χ0v) is 6.47. The zero-order chi connectivity index (χ0) is 7.23. The van der Waals surface area contributed by atoms with E-state index in [1.807, 2.05) is 0 Å². The van der Waals surface area contributed by atoms with Crippen molar-refractivity contribution in [3.63, 3.8) is 0 Å². The van der Waals surface area contributed by atoms with Gasteiger partial charge in [0.25, 0.3) is 0 Å². The molecule has 0 amide bonds. The maximum atomic E-state index is 4.95. The second kappa shape index (κ2) is 4.29. The summed E-state index contributed by atoms with van der Waals surface area (Å²) in [7, 11) is 1.75. The summed E-state index contributed by atoms with van der Waals surface area (Å²) in [6.07, 6.45) is 10.1. The van der Waals surface area contributed by atoms with Crippen molar-refractivity contribution in [1.29, 1.82) is 0 Å². The highest BCUT2D eigenvalue weighted by Gasteiger charge is 1.95. The summed E-state index contributed by atoms with van der Waals surface area (Å²) in [6.45, 7) is 0.880. The summed E-state index contributed by atoms with van der Waals surface area (Å²) >= 11 is 0. The number of rotatable bonds is 4. The van der Waals surface area contributed by atoms with Crippen molar-refractivity contribution < 1.29 is 4.74 Å². The van der Waals surface area contributed by atoms with Gasteiger partial charge in [0.1, 0.15) is 0 Å². The van der Waals surface area contributed by atoms with Gasteiger partial charge in [0.05, 0.1) is 0 Å². The molecule has 0 fully saturated rings. The standard InChI is InChI=1S/C9H14O/c1-10-8-4-7-9-5-2-3-6-9/h2,5-6H,3-4,7-8H2,1H3. The molecule has 56 valence electrons. The van der Waals surface area contributed by atoms with Crippen LogP contribution >= 0.6 is 0 Å². The fourth-order valence-electron chi connectivity index (χ4n) is 1.11. The monoisotopic (exact) mass is 138 g/mol. The maximum Gasteiger partial charge on any atom is 0.0465 e. The van der Waals surface area contributed by atoms with Crippen LogP contribution in [0.2, 0.25) is 0 Å². The van der Waals surface area contributed by atoms with Gasteiger partial charge in [-0.1, -0.05) is 23.8 Å². The van der Waals surface area contributed by atoms with Gasteiger partial charge in [0.2, 0.25) is 0 Å². The first-order chi connectivity index (χ1) is 4.93. The van der Waals surface area contributed by atoms with Crippen LogP contribution in [-0.4, -0.2) is 13.7 Å². The lowest BCUT2D eigenvalue weighted by molar-refractivity contribution is 0.195. The van der Waals surface area contributed by atoms with E-state index in [1.54, 1.807) is 7.11 Å². The highest BCUT2D eigenvalue weighted by atomic mass is 16.5. The van der Waals surface area contributed by atoms with Crippen molar-refractivity contribution in [2.45, 2.75) is 19.3 Å². The van der Waals surface area contributed by atoms with Gasteiger partial charge in [-0.25, -0.2) is 0 Å². The minimum absolute atomic E-state index is 0.880. The highest BCUT2D eigenvalue weighted by Crippen LogP contribution is 2.13. The van der Waals surface area contributed by atoms with Crippen LogP contribution in [0.3, 0.4) is 0 Å². The Kier molecular flexibility index (Phi) is 3.23. The van der Waals surface area contributed by atoms with Crippen LogP contribution in [0.15, 0.2) is 23.8 Å². The lowest BCUT2D eigenvalue weighted by Gasteiger charge is -1.97. The van der Waals surface area contributed by atoms with E-state index < -0.39 is 0 Å². The molecule has 0 N–H and O–H groups in total. The number of hydrogen-bond acceptors (Lipinski definition) is 1. The molecule has 0 aliphatic heterocycles. The van der Waals surface area contributed by atoms with Gasteiger partial charge in [-0.2, -0.15) is 0 Å². The van der Waals surface area contributed by atoms with Crippen molar-refractivity contribution >= 4 is 0 Å². The van der Waals surface area contributed by atoms with E-state index in [0.717, 1.165) is 19.4 Å². The summed E-state index contributed by atoms with van der Waals surface area (Å²) < 4.78 is 4.95. The predicted molar refractivity (Wildman–Crippen MR) is 43.0 cm³/mol. The molecule has 0 aromatic heterocycles. The minimum Gasteiger partial charge on any atom is -0.385 e. The molecule has 0 radical (unpaired) electrons. The predicted octanol–water partition coefficient (Wildman–Crippen LogP) is 2.30. The van der Waals surface area contributed by atoms with E-state index in [0.29, 0.717) is 0 Å². The lowest BCUT2D eigenvalue weighted by Crippen LogP contribution is -1.88. The summed E-state index contributed by atoms with van der Waals surface area (Å²) in [5, 5.41) is 0. The molecule has 0 atom stereocenters. The number of allylic oxidation sites excluding steroid dienone is 4. The molecule has 0 unspecified atom stereocenters. The Balaban J connectivity index is 2.08. The second-order valence-electron chi connectivity index (χ2n) is 2.51. The van der Waals surface area contributed by atoms with Gasteiger partial charge in [0.15, 0.2) is 0 Å². The maximum absolute atomic E-state index is 4.95. The van der Waals surface area contributed by atoms with Crippen molar-refractivity contribution in [1.82, 2.24) is 0 Å². The van der Waals surface area contributed by atoms with E-state index in [-0.39, 0.29) is 0 Å². The molecule has 1 aliphatic carbocycles. The fraction of sp³-hybridized carbons (Fsp3) is 0.556. The van der Waals surface area contributed by atoms with Crippen LogP contribution in [0.25, 0.3) is 0 Å². The van der Waals surface area contributed by atoms with Crippen molar-refractivity contribution in [2.24, 2.45) is 0 Å². The molecular formula is C9H14O. The normalized spacial score (nSPS) is 15.9. The molecule has 0 bridgehead atoms. The first kappa shape index (κ1) is 7.55. The molecular weight excluding hydrogens is 124 g/mol. The Hall–Kier alpha value is -0.560. The van der Waals surface area contributed by atoms with Gasteiger partial charge < -0.3 is 4.74 Å². The Morgan fingerprint density at radius 1 is 1.60 bits per heavy atom. The van der Waals surface area contributed by atoms with Crippen LogP contribution in [0.4, 0.5) is 0 Å². The third kappa shape index (κ3) is 2.36. The largest absolute Gasteiger partial charge is 0.385 e. The first-order valence-corrected chi connectivity index (χ1v) is 3.78. The summed E-state index contributed by atoms with van der Waals surface area (Å²) in [5.41, 5.74) is 1.47. The van der Waals surface area contributed by atoms with E-state index in [1.165, 1.54) is 12.0 Å². The van der Waals surface area contributed by atoms with E-state index >= 15 is 0 Å². The van der Waals surface area contributed by atoms with Gasteiger partial charge >= 0.3 is 0 Å². The zero-order valence-electron chi connectivity index (χ0n) is 6.47. The van der Waals surface area contributed by atoms with Crippen LogP contribution < -0.4 is 0 Å². The lowest BCUT2D eigenvalue weighted by atomic mass is 10.2. The molecule has 0 aromatic carbocycles. The van der Waals surface area contributed by atoms with Crippen LogP contribution in [-0.2, 0) is 4.74 Å². The van der Waals surface area contributed by atoms with Gasteiger partial charge in [-0.15, -0.1) is 0 Å². The quantitative estimate of drug-likeness (QED) is 0.541. The second-order valence-corrected chi connectivity index (χ2v) is 2.51. The van der Waals surface area contributed by atoms with Crippen molar-refractivity contribution in [2.75, 3.05) is 13.7 Å². The van der Waals surface area contributed by atoms with Gasteiger partial charge in [-0.3, -0.25) is 0 Å². The number of hydrogen-bond donors (Lipinski definition) is 0. The Morgan fingerprint density at radius 2 is 2.50 bits per heavy atom. The minimum atomic E-state index is 0.880. The molecule has 0 aromatic rings. The fourth-order valence-corrected chi connectivity index (χ4v) is 1.11. The molecule has 1 heteroatoms. The Bertz CT molecular complexity index is 145. The highest BCUT2D eigenvalue weighted by molar-refractivity contribution is 5.25. The van der Waals surface area contributed by atoms with Crippen molar-refractivity contribution in [3.8, 4) is 0 Å². The topological polar surface area (TPSA) is 9.23 Å². The number of methoxy groups -OCH3 is 1. The van der Waals surface area contributed by atoms with E-state index in [4.69, 9.17) is 4.74 Å². The summed E-state index contributed by atoms with van der Waals surface area (Å²) in [5.74, 6) is 0.